The smallest absolute Gasteiger partial charge is 0.248 e. The highest BCUT2D eigenvalue weighted by molar-refractivity contribution is 6.04. The van der Waals surface area contributed by atoms with E-state index in [0.29, 0.717) is 29.2 Å². The number of hydrogen-bond donors (Lipinski definition) is 2. The van der Waals surface area contributed by atoms with Crippen molar-refractivity contribution in [2.45, 2.75) is 64.5 Å². The number of amides is 2. The van der Waals surface area contributed by atoms with Crippen LogP contribution in [0.25, 0.3) is 10.9 Å². The maximum absolute atomic E-state index is 14.3. The van der Waals surface area contributed by atoms with Gasteiger partial charge in [-0.3, -0.25) is 19.3 Å². The number of hydrogen-bond acceptors (Lipinski definition) is 4. The molecule has 5 rings (SSSR count). The zero-order valence-electron chi connectivity index (χ0n) is 23.7. The molecule has 0 bridgehead atoms. The predicted octanol–water partition coefficient (Wildman–Crippen LogP) is 6.54. The fourth-order valence-corrected chi connectivity index (χ4v) is 5.68. The standard InChI is InChI=1S/C34H37N3O4/c1-3-41-29-19-15-25(16-20-29)33(34(40)36-27-9-5-4-6-10-27)37(28-17-13-24(14-18-28)23(2)38)32(39)21-26-22-35-31-12-8-7-11-30(26)31/h7-8,11-20,22,27,33,35H,3-6,9-10,21H2,1-2H3,(H,36,40)/t33-/m0/s1. The number of carbonyl (C=O) groups is 3. The summed E-state index contributed by atoms with van der Waals surface area (Å²) in [5.74, 6) is 0.198. The Morgan fingerprint density at radius 2 is 1.66 bits per heavy atom. The highest BCUT2D eigenvalue weighted by atomic mass is 16.5. The van der Waals surface area contributed by atoms with E-state index in [0.717, 1.165) is 42.1 Å². The summed E-state index contributed by atoms with van der Waals surface area (Å²) in [4.78, 5) is 45.3. The molecule has 1 atom stereocenters. The van der Waals surface area contributed by atoms with Crippen LogP contribution in [0.3, 0.4) is 0 Å². The van der Waals surface area contributed by atoms with Crippen LogP contribution < -0.4 is 15.0 Å². The molecule has 7 nitrogen and oxygen atoms in total. The number of ether oxygens (including phenoxy) is 1. The molecular weight excluding hydrogens is 514 g/mol. The molecule has 3 aromatic carbocycles. The van der Waals surface area contributed by atoms with Crippen molar-refractivity contribution >= 4 is 34.2 Å². The van der Waals surface area contributed by atoms with Gasteiger partial charge in [0.25, 0.3) is 0 Å². The first kappa shape index (κ1) is 28.1. The number of aromatic amines is 1. The number of benzene rings is 3. The molecule has 212 valence electrons. The fraction of sp³-hybridized carbons (Fsp3) is 0.324. The van der Waals surface area contributed by atoms with E-state index in [-0.39, 0.29) is 30.1 Å². The molecule has 2 amide bonds. The van der Waals surface area contributed by atoms with Crippen LogP contribution in [0.15, 0.2) is 79.0 Å². The lowest BCUT2D eigenvalue weighted by molar-refractivity contribution is -0.127. The van der Waals surface area contributed by atoms with E-state index >= 15 is 0 Å². The van der Waals surface area contributed by atoms with Gasteiger partial charge < -0.3 is 15.0 Å². The van der Waals surface area contributed by atoms with Crippen LogP contribution in [0.4, 0.5) is 5.69 Å². The third-order valence-corrected chi connectivity index (χ3v) is 7.80. The normalized spacial score (nSPS) is 14.4. The number of para-hydroxylation sites is 1. The first-order valence-corrected chi connectivity index (χ1v) is 14.5. The molecule has 2 N–H and O–H groups in total. The molecule has 41 heavy (non-hydrogen) atoms. The van der Waals surface area contributed by atoms with Crippen molar-refractivity contribution in [3.8, 4) is 5.75 Å². The van der Waals surface area contributed by atoms with E-state index in [2.05, 4.69) is 10.3 Å². The summed E-state index contributed by atoms with van der Waals surface area (Å²) in [6, 6.07) is 21.3. The molecule has 0 spiro atoms. The Bertz CT molecular complexity index is 1500. The minimum atomic E-state index is -0.909. The van der Waals surface area contributed by atoms with Crippen molar-refractivity contribution in [2.24, 2.45) is 0 Å². The Labute approximate surface area is 240 Å². The Balaban J connectivity index is 1.57. The van der Waals surface area contributed by atoms with Gasteiger partial charge in [0.15, 0.2) is 5.78 Å². The van der Waals surface area contributed by atoms with E-state index < -0.39 is 6.04 Å². The highest BCUT2D eigenvalue weighted by Gasteiger charge is 2.34. The van der Waals surface area contributed by atoms with Crippen LogP contribution in [0, 0.1) is 0 Å². The summed E-state index contributed by atoms with van der Waals surface area (Å²) < 4.78 is 5.65. The number of H-pyrrole nitrogens is 1. The number of rotatable bonds is 10. The number of Topliss-reactive ketones (excluding diaryl/α,β-unsaturated/α-hetero) is 1. The van der Waals surface area contributed by atoms with Gasteiger partial charge in [0.1, 0.15) is 11.8 Å². The third-order valence-electron chi connectivity index (χ3n) is 7.80. The zero-order valence-corrected chi connectivity index (χ0v) is 23.7. The molecule has 0 aliphatic heterocycles. The summed E-state index contributed by atoms with van der Waals surface area (Å²) in [6.07, 6.45) is 7.14. The SMILES string of the molecule is CCOc1ccc([C@@H](C(=O)NC2CCCCC2)N(C(=O)Cc2c[nH]c3ccccc23)c2ccc(C(C)=O)cc2)cc1. The van der Waals surface area contributed by atoms with Crippen LogP contribution in [-0.2, 0) is 16.0 Å². The second-order valence-corrected chi connectivity index (χ2v) is 10.7. The summed E-state index contributed by atoms with van der Waals surface area (Å²) in [5.41, 5.74) is 3.59. The summed E-state index contributed by atoms with van der Waals surface area (Å²) >= 11 is 0. The summed E-state index contributed by atoms with van der Waals surface area (Å²) in [7, 11) is 0. The summed E-state index contributed by atoms with van der Waals surface area (Å²) in [6.45, 7) is 3.96. The third kappa shape index (κ3) is 6.51. The van der Waals surface area contributed by atoms with Crippen molar-refractivity contribution in [1.82, 2.24) is 10.3 Å². The van der Waals surface area contributed by atoms with Gasteiger partial charge in [-0.1, -0.05) is 49.6 Å². The lowest BCUT2D eigenvalue weighted by Crippen LogP contribution is -2.47. The van der Waals surface area contributed by atoms with Gasteiger partial charge in [0.05, 0.1) is 13.0 Å². The Morgan fingerprint density at radius 1 is 0.951 bits per heavy atom. The Hall–Kier alpha value is -4.39. The largest absolute Gasteiger partial charge is 0.494 e. The minimum Gasteiger partial charge on any atom is -0.494 e. The maximum atomic E-state index is 14.3. The maximum Gasteiger partial charge on any atom is 0.248 e. The quantitative estimate of drug-likeness (QED) is 0.219. The number of aromatic nitrogens is 1. The highest BCUT2D eigenvalue weighted by Crippen LogP contribution is 2.32. The van der Waals surface area contributed by atoms with E-state index in [9.17, 15) is 14.4 Å². The van der Waals surface area contributed by atoms with Gasteiger partial charge >= 0.3 is 0 Å². The van der Waals surface area contributed by atoms with Crippen LogP contribution >= 0.6 is 0 Å². The first-order chi connectivity index (χ1) is 19.9. The number of anilines is 1. The Kier molecular flexibility index (Phi) is 8.82. The van der Waals surface area contributed by atoms with E-state index in [4.69, 9.17) is 4.74 Å². The van der Waals surface area contributed by atoms with E-state index in [1.165, 1.54) is 13.3 Å². The van der Waals surface area contributed by atoms with Crippen molar-refractivity contribution in [2.75, 3.05) is 11.5 Å². The molecule has 7 heteroatoms. The lowest BCUT2D eigenvalue weighted by Gasteiger charge is -2.33. The number of ketones is 1. The average molecular weight is 552 g/mol. The minimum absolute atomic E-state index is 0.0636. The zero-order chi connectivity index (χ0) is 28.8. The van der Waals surface area contributed by atoms with Crippen LogP contribution in [0.2, 0.25) is 0 Å². The molecule has 1 fully saturated rings. The topological polar surface area (TPSA) is 91.5 Å². The molecule has 1 heterocycles. The first-order valence-electron chi connectivity index (χ1n) is 14.5. The summed E-state index contributed by atoms with van der Waals surface area (Å²) in [5, 5.41) is 4.23. The average Bonchev–Trinajstić information content (AvgIpc) is 3.39. The lowest BCUT2D eigenvalue weighted by atomic mass is 9.94. The molecule has 1 aromatic heterocycles. The molecule has 4 aromatic rings. The van der Waals surface area contributed by atoms with Crippen molar-refractivity contribution in [3.05, 3.63) is 95.7 Å². The van der Waals surface area contributed by atoms with Crippen LogP contribution in [-0.4, -0.2) is 35.2 Å². The predicted molar refractivity (Wildman–Crippen MR) is 161 cm³/mol. The molecule has 1 aliphatic rings. The number of carbonyl (C=O) groups excluding carboxylic acids is 3. The van der Waals surface area contributed by atoms with Gasteiger partial charge in [-0.25, -0.2) is 0 Å². The second kappa shape index (κ2) is 12.9. The van der Waals surface area contributed by atoms with Gasteiger partial charge in [-0.05, 0) is 80.3 Å². The van der Waals surface area contributed by atoms with E-state index in [1.807, 2.05) is 61.7 Å². The fourth-order valence-electron chi connectivity index (χ4n) is 5.68. The second-order valence-electron chi connectivity index (χ2n) is 10.7. The van der Waals surface area contributed by atoms with Gasteiger partial charge in [-0.2, -0.15) is 0 Å². The number of nitrogens with zero attached hydrogens (tertiary/aromatic N) is 1. The molecule has 1 saturated carbocycles. The molecule has 0 saturated heterocycles. The number of nitrogens with one attached hydrogen (secondary N) is 2. The van der Waals surface area contributed by atoms with E-state index in [1.54, 1.807) is 29.2 Å². The Morgan fingerprint density at radius 3 is 2.34 bits per heavy atom. The van der Waals surface area contributed by atoms with Crippen LogP contribution in [0.5, 0.6) is 5.75 Å². The van der Waals surface area contributed by atoms with Crippen molar-refractivity contribution in [3.63, 3.8) is 0 Å². The van der Waals surface area contributed by atoms with Crippen molar-refractivity contribution < 1.29 is 19.1 Å². The monoisotopic (exact) mass is 551 g/mol. The van der Waals surface area contributed by atoms with Gasteiger partial charge in [0.2, 0.25) is 11.8 Å². The van der Waals surface area contributed by atoms with Gasteiger partial charge in [0, 0.05) is 34.4 Å². The van der Waals surface area contributed by atoms with Crippen molar-refractivity contribution in [1.29, 1.82) is 0 Å². The molecule has 0 unspecified atom stereocenters. The van der Waals surface area contributed by atoms with Crippen LogP contribution in [0.1, 0.15) is 73.5 Å². The number of fused-ring (bicyclic) bond motifs is 1. The van der Waals surface area contributed by atoms with Gasteiger partial charge in [-0.15, -0.1) is 0 Å². The molecular formula is C34H37N3O4. The molecule has 0 radical (unpaired) electrons. The molecule has 1 aliphatic carbocycles.